The van der Waals surface area contributed by atoms with Gasteiger partial charge in [0.2, 0.25) is 10.0 Å². The molecule has 4 nitrogen and oxygen atoms in total. The van der Waals surface area contributed by atoms with Crippen molar-refractivity contribution < 1.29 is 13.2 Å². The Bertz CT molecular complexity index is 839. The summed E-state index contributed by atoms with van der Waals surface area (Å²) < 4.78 is 33.4. The summed E-state index contributed by atoms with van der Waals surface area (Å²) in [6, 6.07) is 11.9. The fourth-order valence-electron chi connectivity index (χ4n) is 2.28. The molecule has 2 aromatic carbocycles. The van der Waals surface area contributed by atoms with E-state index in [0.29, 0.717) is 15.6 Å². The van der Waals surface area contributed by atoms with Crippen LogP contribution in [0.3, 0.4) is 0 Å². The van der Waals surface area contributed by atoms with Crippen LogP contribution < -0.4 is 4.72 Å². The molecule has 0 aliphatic rings. The molecule has 130 valence electrons. The van der Waals surface area contributed by atoms with E-state index in [4.69, 9.17) is 27.9 Å². The smallest absolute Gasteiger partial charge is 0.240 e. The van der Waals surface area contributed by atoms with Crippen LogP contribution in [0.15, 0.2) is 47.4 Å². The van der Waals surface area contributed by atoms with Gasteiger partial charge in [-0.3, -0.25) is 0 Å². The number of sulfonamides is 1. The largest absolute Gasteiger partial charge is 0.372 e. The van der Waals surface area contributed by atoms with E-state index in [1.807, 2.05) is 6.07 Å². The van der Waals surface area contributed by atoms with E-state index in [9.17, 15) is 8.42 Å². The SMILES string of the molecule is COC(C)(CNS(=O)(=O)c1cc(Cl)ccc1C)c1cccc(Cl)c1. The molecule has 0 fully saturated rings. The zero-order valence-corrected chi connectivity index (χ0v) is 16.0. The number of hydrogen-bond donors (Lipinski definition) is 1. The summed E-state index contributed by atoms with van der Waals surface area (Å²) in [5.41, 5.74) is 0.543. The van der Waals surface area contributed by atoms with Crippen molar-refractivity contribution in [3.63, 3.8) is 0 Å². The van der Waals surface area contributed by atoms with Crippen LogP contribution >= 0.6 is 23.2 Å². The number of benzene rings is 2. The topological polar surface area (TPSA) is 55.4 Å². The Labute approximate surface area is 152 Å². The van der Waals surface area contributed by atoms with Gasteiger partial charge < -0.3 is 4.74 Å². The molecule has 1 N–H and O–H groups in total. The molecule has 2 aromatic rings. The summed E-state index contributed by atoms with van der Waals surface area (Å²) in [7, 11) is -2.19. The lowest BCUT2D eigenvalue weighted by Gasteiger charge is -2.29. The maximum Gasteiger partial charge on any atom is 0.240 e. The molecule has 0 aliphatic carbocycles. The first-order chi connectivity index (χ1) is 11.2. The molecular formula is C17H19Cl2NO3S. The van der Waals surface area contributed by atoms with Gasteiger partial charge in [0, 0.05) is 23.7 Å². The minimum absolute atomic E-state index is 0.0537. The molecule has 0 bridgehead atoms. The third-order valence-electron chi connectivity index (χ3n) is 3.93. The van der Waals surface area contributed by atoms with Gasteiger partial charge in [0.25, 0.3) is 0 Å². The van der Waals surface area contributed by atoms with Gasteiger partial charge in [-0.2, -0.15) is 0 Å². The molecule has 24 heavy (non-hydrogen) atoms. The summed E-state index contributed by atoms with van der Waals surface area (Å²) in [4.78, 5) is 0.152. The number of rotatable bonds is 6. The van der Waals surface area contributed by atoms with E-state index in [0.717, 1.165) is 5.56 Å². The summed E-state index contributed by atoms with van der Waals surface area (Å²) in [6.45, 7) is 3.57. The van der Waals surface area contributed by atoms with Crippen molar-refractivity contribution in [1.29, 1.82) is 0 Å². The summed E-state index contributed by atoms with van der Waals surface area (Å²) >= 11 is 11.9. The Balaban J connectivity index is 2.28. The first-order valence-corrected chi connectivity index (χ1v) is 9.49. The zero-order chi connectivity index (χ0) is 18.0. The van der Waals surface area contributed by atoms with Crippen LogP contribution in [0.25, 0.3) is 0 Å². The Morgan fingerprint density at radius 1 is 1.12 bits per heavy atom. The van der Waals surface area contributed by atoms with Crippen LogP contribution in [0, 0.1) is 6.92 Å². The highest BCUT2D eigenvalue weighted by Gasteiger charge is 2.29. The number of ether oxygens (including phenoxy) is 1. The lowest BCUT2D eigenvalue weighted by molar-refractivity contribution is 0.00698. The number of aryl methyl sites for hydroxylation is 1. The van der Waals surface area contributed by atoms with E-state index < -0.39 is 15.6 Å². The van der Waals surface area contributed by atoms with Gasteiger partial charge in [0.15, 0.2) is 0 Å². The van der Waals surface area contributed by atoms with Gasteiger partial charge in [-0.1, -0.05) is 41.4 Å². The van der Waals surface area contributed by atoms with Crippen molar-refractivity contribution in [3.8, 4) is 0 Å². The van der Waals surface area contributed by atoms with Crippen molar-refractivity contribution in [3.05, 3.63) is 63.6 Å². The molecule has 0 aromatic heterocycles. The summed E-state index contributed by atoms with van der Waals surface area (Å²) in [5, 5.41) is 0.926. The van der Waals surface area contributed by atoms with Gasteiger partial charge in [0.1, 0.15) is 5.60 Å². The molecule has 0 radical (unpaired) electrons. The Morgan fingerprint density at radius 3 is 2.42 bits per heavy atom. The first kappa shape index (κ1) is 19.2. The minimum Gasteiger partial charge on any atom is -0.372 e. The fraction of sp³-hybridized carbons (Fsp3) is 0.294. The molecule has 0 heterocycles. The van der Waals surface area contributed by atoms with Gasteiger partial charge in [-0.25, -0.2) is 13.1 Å². The molecule has 0 saturated carbocycles. The number of hydrogen-bond acceptors (Lipinski definition) is 3. The van der Waals surface area contributed by atoms with Crippen molar-refractivity contribution >= 4 is 33.2 Å². The zero-order valence-electron chi connectivity index (χ0n) is 13.6. The summed E-state index contributed by atoms with van der Waals surface area (Å²) in [6.07, 6.45) is 0. The van der Waals surface area contributed by atoms with Crippen LogP contribution in [-0.4, -0.2) is 22.1 Å². The van der Waals surface area contributed by atoms with E-state index in [1.165, 1.54) is 13.2 Å². The van der Waals surface area contributed by atoms with Gasteiger partial charge in [-0.15, -0.1) is 0 Å². The number of halogens is 2. The lowest BCUT2D eigenvalue weighted by atomic mass is 9.96. The number of methoxy groups -OCH3 is 1. The molecule has 1 unspecified atom stereocenters. The molecule has 7 heteroatoms. The molecule has 0 amide bonds. The van der Waals surface area contributed by atoms with Gasteiger partial charge in [0.05, 0.1) is 4.90 Å². The quantitative estimate of drug-likeness (QED) is 0.809. The molecule has 2 rings (SSSR count). The van der Waals surface area contributed by atoms with E-state index in [-0.39, 0.29) is 11.4 Å². The highest BCUT2D eigenvalue weighted by Crippen LogP contribution is 2.27. The third kappa shape index (κ3) is 4.29. The van der Waals surface area contributed by atoms with E-state index in [1.54, 1.807) is 44.2 Å². The summed E-state index contributed by atoms with van der Waals surface area (Å²) in [5.74, 6) is 0. The lowest BCUT2D eigenvalue weighted by Crippen LogP contribution is -2.40. The van der Waals surface area contributed by atoms with Crippen molar-refractivity contribution in [2.45, 2.75) is 24.3 Å². The van der Waals surface area contributed by atoms with Crippen molar-refractivity contribution in [2.24, 2.45) is 0 Å². The second kappa shape index (κ2) is 7.42. The molecular weight excluding hydrogens is 369 g/mol. The van der Waals surface area contributed by atoms with Crippen LogP contribution in [0.5, 0.6) is 0 Å². The second-order valence-corrected chi connectivity index (χ2v) is 8.29. The molecule has 0 aliphatic heterocycles. The molecule has 0 saturated heterocycles. The Hall–Kier alpha value is -1.11. The predicted molar refractivity (Wildman–Crippen MR) is 97.2 cm³/mol. The Kier molecular flexibility index (Phi) is 5.94. The van der Waals surface area contributed by atoms with Crippen molar-refractivity contribution in [2.75, 3.05) is 13.7 Å². The molecule has 1 atom stereocenters. The fourth-order valence-corrected chi connectivity index (χ4v) is 4.11. The highest BCUT2D eigenvalue weighted by molar-refractivity contribution is 7.89. The minimum atomic E-state index is -3.72. The van der Waals surface area contributed by atoms with Crippen LogP contribution in [0.2, 0.25) is 10.0 Å². The van der Waals surface area contributed by atoms with E-state index >= 15 is 0 Å². The maximum atomic E-state index is 12.6. The van der Waals surface area contributed by atoms with Crippen LogP contribution in [0.1, 0.15) is 18.1 Å². The predicted octanol–water partition coefficient (Wildman–Crippen LogP) is 4.14. The average molecular weight is 388 g/mol. The van der Waals surface area contributed by atoms with Crippen LogP contribution in [-0.2, 0) is 20.4 Å². The average Bonchev–Trinajstić information content (AvgIpc) is 2.55. The van der Waals surface area contributed by atoms with Gasteiger partial charge >= 0.3 is 0 Å². The van der Waals surface area contributed by atoms with E-state index in [2.05, 4.69) is 4.72 Å². The maximum absolute atomic E-state index is 12.6. The van der Waals surface area contributed by atoms with Crippen molar-refractivity contribution in [1.82, 2.24) is 4.72 Å². The monoisotopic (exact) mass is 387 g/mol. The third-order valence-corrected chi connectivity index (χ3v) is 5.94. The standard InChI is InChI=1S/C17H19Cl2NO3S/c1-12-7-8-15(19)10-16(12)24(21,22)20-11-17(2,23-3)13-5-4-6-14(18)9-13/h4-10,20H,11H2,1-3H3. The Morgan fingerprint density at radius 2 is 1.79 bits per heavy atom. The normalized spacial score (nSPS) is 14.4. The molecule has 0 spiro atoms. The number of nitrogens with one attached hydrogen (secondary N) is 1. The van der Waals surface area contributed by atoms with Gasteiger partial charge in [-0.05, 0) is 49.2 Å². The highest BCUT2D eigenvalue weighted by atomic mass is 35.5. The van der Waals surface area contributed by atoms with Crippen LogP contribution in [0.4, 0.5) is 0 Å². The second-order valence-electron chi connectivity index (χ2n) is 5.68. The first-order valence-electron chi connectivity index (χ1n) is 7.25.